The van der Waals surface area contributed by atoms with Crippen LogP contribution in [0.5, 0.6) is 0 Å². The number of rotatable bonds is 6. The molecule has 1 heterocycles. The highest BCUT2D eigenvalue weighted by molar-refractivity contribution is 6.20. The number of nitrogens with zero attached hydrogens (tertiary/aromatic N) is 2. The Labute approximate surface area is 337 Å². The molecular weight excluding hydrogens is 701 g/mol. The van der Waals surface area contributed by atoms with E-state index in [1.807, 2.05) is 6.07 Å². The van der Waals surface area contributed by atoms with Crippen LogP contribution in [-0.2, 0) is 0 Å². The first-order valence-corrected chi connectivity index (χ1v) is 19.8. The Hall–Kier alpha value is -7.68. The third-order valence-corrected chi connectivity index (χ3v) is 11.5. The molecule has 10 aromatic carbocycles. The highest BCUT2D eigenvalue weighted by Gasteiger charge is 2.15. The van der Waals surface area contributed by atoms with E-state index in [1.165, 1.54) is 65.3 Å². The topological polar surface area (TPSA) is 25.8 Å². The van der Waals surface area contributed by atoms with Gasteiger partial charge in [-0.1, -0.05) is 194 Å². The standard InChI is InChI=1S/C56H36N2/c1-2-11-37(12-3-1)39-21-28-43(29-22-39)56-57-53(36-54(58-56)48-18-10-17-45(34-48)46-30-23-38-13-4-5-15-44(38)33-46)41-24-26-42(27-25-41)55-50-20-9-7-16-47(50)35-52-49-19-8-6-14-40(49)31-32-51(52)55/h1-36H. The van der Waals surface area contributed by atoms with Gasteiger partial charge in [0.1, 0.15) is 0 Å². The van der Waals surface area contributed by atoms with Crippen molar-refractivity contribution in [3.63, 3.8) is 0 Å². The van der Waals surface area contributed by atoms with E-state index in [0.29, 0.717) is 5.82 Å². The molecule has 11 aromatic rings. The van der Waals surface area contributed by atoms with Gasteiger partial charge in [-0.2, -0.15) is 0 Å². The molecule has 0 radical (unpaired) electrons. The van der Waals surface area contributed by atoms with Gasteiger partial charge in [0, 0.05) is 16.7 Å². The van der Waals surface area contributed by atoms with Crippen LogP contribution in [0.15, 0.2) is 218 Å². The molecular formula is C56H36N2. The van der Waals surface area contributed by atoms with Gasteiger partial charge in [0.05, 0.1) is 11.4 Å². The number of hydrogen-bond acceptors (Lipinski definition) is 2. The van der Waals surface area contributed by atoms with Crippen LogP contribution in [0, 0.1) is 0 Å². The summed E-state index contributed by atoms with van der Waals surface area (Å²) in [7, 11) is 0. The van der Waals surface area contributed by atoms with Gasteiger partial charge in [-0.25, -0.2) is 9.97 Å². The monoisotopic (exact) mass is 736 g/mol. The summed E-state index contributed by atoms with van der Waals surface area (Å²) in [4.78, 5) is 10.5. The quantitative estimate of drug-likeness (QED) is 0.125. The molecule has 1 aromatic heterocycles. The summed E-state index contributed by atoms with van der Waals surface area (Å²) in [6.07, 6.45) is 0. The van der Waals surface area contributed by atoms with Gasteiger partial charge in [0.15, 0.2) is 5.82 Å². The summed E-state index contributed by atoms with van der Waals surface area (Å²) in [5.41, 5.74) is 11.9. The van der Waals surface area contributed by atoms with Crippen molar-refractivity contribution in [1.29, 1.82) is 0 Å². The van der Waals surface area contributed by atoms with Crippen molar-refractivity contribution in [1.82, 2.24) is 9.97 Å². The molecule has 0 atom stereocenters. The predicted molar refractivity (Wildman–Crippen MR) is 245 cm³/mol. The van der Waals surface area contributed by atoms with E-state index in [9.17, 15) is 0 Å². The fraction of sp³-hybridized carbons (Fsp3) is 0. The molecule has 0 saturated carbocycles. The number of hydrogen-bond donors (Lipinski definition) is 0. The molecule has 0 aliphatic carbocycles. The molecule has 0 N–H and O–H groups in total. The molecule has 0 aliphatic heterocycles. The molecule has 270 valence electrons. The largest absolute Gasteiger partial charge is 0.228 e. The van der Waals surface area contributed by atoms with Crippen LogP contribution in [0.3, 0.4) is 0 Å². The zero-order valence-corrected chi connectivity index (χ0v) is 31.7. The van der Waals surface area contributed by atoms with Crippen molar-refractivity contribution in [2.75, 3.05) is 0 Å². The molecule has 0 aliphatic rings. The van der Waals surface area contributed by atoms with Crippen molar-refractivity contribution in [3.8, 4) is 67.3 Å². The second kappa shape index (κ2) is 14.1. The van der Waals surface area contributed by atoms with Crippen molar-refractivity contribution >= 4 is 43.1 Å². The van der Waals surface area contributed by atoms with E-state index in [1.54, 1.807) is 0 Å². The molecule has 11 rings (SSSR count). The van der Waals surface area contributed by atoms with Gasteiger partial charge < -0.3 is 0 Å². The fourth-order valence-corrected chi connectivity index (χ4v) is 8.48. The first kappa shape index (κ1) is 33.6. The van der Waals surface area contributed by atoms with E-state index < -0.39 is 0 Å². The first-order chi connectivity index (χ1) is 28.7. The van der Waals surface area contributed by atoms with E-state index in [0.717, 1.165) is 39.2 Å². The lowest BCUT2D eigenvalue weighted by Gasteiger charge is -2.15. The summed E-state index contributed by atoms with van der Waals surface area (Å²) in [6, 6.07) is 78.3. The lowest BCUT2D eigenvalue weighted by Crippen LogP contribution is -1.96. The van der Waals surface area contributed by atoms with Crippen molar-refractivity contribution < 1.29 is 0 Å². The molecule has 0 unspecified atom stereocenters. The van der Waals surface area contributed by atoms with Gasteiger partial charge in [-0.3, -0.25) is 0 Å². The Kier molecular flexibility index (Phi) is 8.19. The van der Waals surface area contributed by atoms with E-state index in [2.05, 4.69) is 212 Å². The van der Waals surface area contributed by atoms with Crippen LogP contribution in [0.2, 0.25) is 0 Å². The van der Waals surface area contributed by atoms with Crippen molar-refractivity contribution in [2.45, 2.75) is 0 Å². The van der Waals surface area contributed by atoms with E-state index >= 15 is 0 Å². The van der Waals surface area contributed by atoms with Gasteiger partial charge in [-0.15, -0.1) is 0 Å². The zero-order chi connectivity index (χ0) is 38.4. The lowest BCUT2D eigenvalue weighted by atomic mass is 9.89. The molecule has 2 heteroatoms. The predicted octanol–water partition coefficient (Wildman–Crippen LogP) is 15.1. The fourth-order valence-electron chi connectivity index (χ4n) is 8.48. The zero-order valence-electron chi connectivity index (χ0n) is 31.7. The average molecular weight is 737 g/mol. The molecule has 0 fully saturated rings. The third kappa shape index (κ3) is 6.09. The summed E-state index contributed by atoms with van der Waals surface area (Å²) < 4.78 is 0. The summed E-state index contributed by atoms with van der Waals surface area (Å²) >= 11 is 0. The Morgan fingerprint density at radius 1 is 0.224 bits per heavy atom. The first-order valence-electron chi connectivity index (χ1n) is 19.8. The highest BCUT2D eigenvalue weighted by atomic mass is 14.9. The molecule has 0 saturated heterocycles. The van der Waals surface area contributed by atoms with Crippen LogP contribution in [-0.4, -0.2) is 9.97 Å². The van der Waals surface area contributed by atoms with Gasteiger partial charge >= 0.3 is 0 Å². The van der Waals surface area contributed by atoms with Gasteiger partial charge in [0.2, 0.25) is 0 Å². The summed E-state index contributed by atoms with van der Waals surface area (Å²) in [5.74, 6) is 0.694. The Bertz CT molecular complexity index is 3310. The van der Waals surface area contributed by atoms with Crippen LogP contribution in [0.1, 0.15) is 0 Å². The number of aromatic nitrogens is 2. The maximum atomic E-state index is 5.24. The smallest absolute Gasteiger partial charge is 0.160 e. The SMILES string of the molecule is c1ccc(-c2ccc(-c3nc(-c4ccc(-c5c6ccccc6cc6c5ccc5ccccc56)cc4)cc(-c4cccc(-c5ccc6ccccc6c5)c4)n3)cc2)cc1. The molecule has 58 heavy (non-hydrogen) atoms. The van der Waals surface area contributed by atoms with Crippen LogP contribution >= 0.6 is 0 Å². The summed E-state index contributed by atoms with van der Waals surface area (Å²) in [5, 5.41) is 9.98. The van der Waals surface area contributed by atoms with Gasteiger partial charge in [0.25, 0.3) is 0 Å². The minimum Gasteiger partial charge on any atom is -0.228 e. The molecule has 0 spiro atoms. The Morgan fingerprint density at radius 2 is 0.759 bits per heavy atom. The number of benzene rings is 10. The second-order valence-electron chi connectivity index (χ2n) is 15.0. The molecule has 2 nitrogen and oxygen atoms in total. The Morgan fingerprint density at radius 3 is 1.57 bits per heavy atom. The van der Waals surface area contributed by atoms with Crippen LogP contribution in [0.4, 0.5) is 0 Å². The maximum Gasteiger partial charge on any atom is 0.160 e. The lowest BCUT2D eigenvalue weighted by molar-refractivity contribution is 1.18. The minimum absolute atomic E-state index is 0.694. The van der Waals surface area contributed by atoms with Crippen molar-refractivity contribution in [2.24, 2.45) is 0 Å². The Balaban J connectivity index is 1.04. The number of fused-ring (bicyclic) bond motifs is 5. The summed E-state index contributed by atoms with van der Waals surface area (Å²) in [6.45, 7) is 0. The van der Waals surface area contributed by atoms with Gasteiger partial charge in [-0.05, 0) is 101 Å². The molecule has 0 amide bonds. The average Bonchev–Trinajstić information content (AvgIpc) is 3.31. The highest BCUT2D eigenvalue weighted by Crippen LogP contribution is 2.40. The minimum atomic E-state index is 0.694. The van der Waals surface area contributed by atoms with Crippen molar-refractivity contribution in [3.05, 3.63) is 218 Å². The van der Waals surface area contributed by atoms with Crippen LogP contribution < -0.4 is 0 Å². The third-order valence-electron chi connectivity index (χ3n) is 11.5. The van der Waals surface area contributed by atoms with Crippen LogP contribution in [0.25, 0.3) is 110 Å². The normalized spacial score (nSPS) is 11.4. The van der Waals surface area contributed by atoms with E-state index in [4.69, 9.17) is 9.97 Å². The van der Waals surface area contributed by atoms with E-state index in [-0.39, 0.29) is 0 Å². The molecule has 0 bridgehead atoms. The second-order valence-corrected chi connectivity index (χ2v) is 15.0. The maximum absolute atomic E-state index is 5.24.